The van der Waals surface area contributed by atoms with E-state index in [0.29, 0.717) is 22.1 Å². The Morgan fingerprint density at radius 1 is 1.53 bits per heavy atom. The molecule has 0 atom stereocenters. The molecule has 1 heterocycles. The number of nitrogens with zero attached hydrogens (tertiary/aromatic N) is 1. The largest absolute Gasteiger partial charge is 0.327 e. The quantitative estimate of drug-likeness (QED) is 0.674. The van der Waals surface area contributed by atoms with Crippen molar-refractivity contribution < 1.29 is 4.39 Å². The van der Waals surface area contributed by atoms with E-state index in [9.17, 15) is 9.18 Å². The van der Waals surface area contributed by atoms with Crippen LogP contribution in [0, 0.1) is 10.5 Å². The van der Waals surface area contributed by atoms with Crippen molar-refractivity contribution in [2.75, 3.05) is 0 Å². The molecule has 17 heavy (non-hydrogen) atoms. The fraction of sp³-hybridized carbons (Fsp3) is 0.273. The van der Waals surface area contributed by atoms with Crippen molar-refractivity contribution in [3.8, 4) is 0 Å². The summed E-state index contributed by atoms with van der Waals surface area (Å²) in [6.45, 7) is 2.25. The molecule has 1 N–H and O–H groups in total. The van der Waals surface area contributed by atoms with Crippen LogP contribution in [0.15, 0.2) is 16.9 Å². The summed E-state index contributed by atoms with van der Waals surface area (Å²) in [6, 6.07) is 3.26. The summed E-state index contributed by atoms with van der Waals surface area (Å²) in [7, 11) is 0. The van der Waals surface area contributed by atoms with Crippen molar-refractivity contribution in [1.82, 2.24) is 9.55 Å². The number of alkyl halides is 1. The first-order valence-electron chi connectivity index (χ1n) is 5.10. The highest BCUT2D eigenvalue weighted by molar-refractivity contribution is 7.71. The number of halogens is 2. The standard InChI is InChI=1S/C11H10ClFN2OS/c1-2-15-10(17)7-4-3-6(5-12)8(13)9(7)14-11(15)16/h3-4H,2,5H2,1H3,(H,14,16). The van der Waals surface area contributed by atoms with Gasteiger partial charge in [-0.1, -0.05) is 18.3 Å². The van der Waals surface area contributed by atoms with Crippen LogP contribution in [0.3, 0.4) is 0 Å². The second-order valence-electron chi connectivity index (χ2n) is 3.57. The van der Waals surface area contributed by atoms with Gasteiger partial charge in [0.15, 0.2) is 5.82 Å². The highest BCUT2D eigenvalue weighted by atomic mass is 35.5. The Labute approximate surface area is 107 Å². The van der Waals surface area contributed by atoms with Gasteiger partial charge in [0.2, 0.25) is 0 Å². The maximum Gasteiger partial charge on any atom is 0.327 e. The number of aromatic nitrogens is 2. The molecule has 0 spiro atoms. The molecular formula is C11H10ClFN2OS. The number of hydrogen-bond donors (Lipinski definition) is 1. The molecular weight excluding hydrogens is 263 g/mol. The molecule has 6 heteroatoms. The van der Waals surface area contributed by atoms with Gasteiger partial charge in [-0.3, -0.25) is 4.57 Å². The zero-order valence-corrected chi connectivity index (χ0v) is 10.7. The predicted molar refractivity (Wildman–Crippen MR) is 68.6 cm³/mol. The van der Waals surface area contributed by atoms with E-state index in [1.54, 1.807) is 19.1 Å². The van der Waals surface area contributed by atoms with Gasteiger partial charge in [-0.2, -0.15) is 0 Å². The van der Waals surface area contributed by atoms with Crippen LogP contribution in [0.2, 0.25) is 0 Å². The first-order valence-corrected chi connectivity index (χ1v) is 6.04. The average Bonchev–Trinajstić information content (AvgIpc) is 2.31. The maximum atomic E-state index is 14.0. The van der Waals surface area contributed by atoms with E-state index < -0.39 is 11.5 Å². The highest BCUT2D eigenvalue weighted by Gasteiger charge is 2.10. The Kier molecular flexibility index (Phi) is 3.31. The summed E-state index contributed by atoms with van der Waals surface area (Å²) in [5.74, 6) is -0.455. The fourth-order valence-corrected chi connectivity index (χ4v) is 2.31. The third kappa shape index (κ3) is 1.89. The third-order valence-electron chi connectivity index (χ3n) is 2.63. The van der Waals surface area contributed by atoms with E-state index in [1.807, 2.05) is 0 Å². The van der Waals surface area contributed by atoms with E-state index >= 15 is 0 Å². The van der Waals surface area contributed by atoms with E-state index in [-0.39, 0.29) is 11.4 Å². The van der Waals surface area contributed by atoms with Crippen molar-refractivity contribution in [3.05, 3.63) is 38.6 Å². The van der Waals surface area contributed by atoms with E-state index in [0.717, 1.165) is 0 Å². The number of hydrogen-bond acceptors (Lipinski definition) is 2. The molecule has 0 amide bonds. The summed E-state index contributed by atoms with van der Waals surface area (Å²) in [4.78, 5) is 14.2. The van der Waals surface area contributed by atoms with Crippen molar-refractivity contribution >= 4 is 34.7 Å². The molecule has 0 saturated heterocycles. The van der Waals surface area contributed by atoms with Crippen LogP contribution in [0.5, 0.6) is 0 Å². The number of fused-ring (bicyclic) bond motifs is 1. The molecule has 0 unspecified atom stereocenters. The van der Waals surface area contributed by atoms with Crippen molar-refractivity contribution in [1.29, 1.82) is 0 Å². The predicted octanol–water partition coefficient (Wildman–Crippen LogP) is 2.96. The van der Waals surface area contributed by atoms with Crippen LogP contribution in [0.4, 0.5) is 4.39 Å². The maximum absolute atomic E-state index is 14.0. The Hall–Kier alpha value is -1.20. The zero-order chi connectivity index (χ0) is 12.6. The molecule has 3 nitrogen and oxygen atoms in total. The van der Waals surface area contributed by atoms with Gasteiger partial charge in [-0.15, -0.1) is 11.6 Å². The van der Waals surface area contributed by atoms with E-state index in [2.05, 4.69) is 4.98 Å². The smallest absolute Gasteiger partial charge is 0.304 e. The molecule has 0 radical (unpaired) electrons. The van der Waals surface area contributed by atoms with Gasteiger partial charge >= 0.3 is 5.69 Å². The van der Waals surface area contributed by atoms with Gasteiger partial charge in [0.05, 0.1) is 11.4 Å². The monoisotopic (exact) mass is 272 g/mol. The fourth-order valence-electron chi connectivity index (χ4n) is 1.72. The summed E-state index contributed by atoms with van der Waals surface area (Å²) < 4.78 is 15.7. The lowest BCUT2D eigenvalue weighted by atomic mass is 10.1. The van der Waals surface area contributed by atoms with Gasteiger partial charge in [-0.05, 0) is 13.0 Å². The minimum atomic E-state index is -0.510. The first kappa shape index (κ1) is 12.3. The van der Waals surface area contributed by atoms with Crippen LogP contribution in [0.25, 0.3) is 10.9 Å². The Balaban J connectivity index is 2.97. The van der Waals surface area contributed by atoms with Gasteiger partial charge in [0.25, 0.3) is 0 Å². The molecule has 0 aliphatic heterocycles. The van der Waals surface area contributed by atoms with Crippen molar-refractivity contribution in [2.24, 2.45) is 0 Å². The topological polar surface area (TPSA) is 37.8 Å². The van der Waals surface area contributed by atoms with Crippen molar-refractivity contribution in [2.45, 2.75) is 19.3 Å². The second kappa shape index (κ2) is 4.58. The van der Waals surface area contributed by atoms with Crippen LogP contribution < -0.4 is 5.69 Å². The van der Waals surface area contributed by atoms with Gasteiger partial charge in [0, 0.05) is 17.5 Å². The van der Waals surface area contributed by atoms with Crippen molar-refractivity contribution in [3.63, 3.8) is 0 Å². The Morgan fingerprint density at radius 3 is 2.82 bits per heavy atom. The minimum absolute atomic E-state index is 0.0548. The SMILES string of the molecule is CCn1c(=O)[nH]c2c(F)c(CCl)ccc2c1=S. The van der Waals surface area contributed by atoms with Gasteiger partial charge in [-0.25, -0.2) is 9.18 Å². The zero-order valence-electron chi connectivity index (χ0n) is 9.09. The minimum Gasteiger partial charge on any atom is -0.304 e. The summed E-state index contributed by atoms with van der Waals surface area (Å²) in [6.07, 6.45) is 0. The molecule has 90 valence electrons. The van der Waals surface area contributed by atoms with Crippen LogP contribution in [-0.4, -0.2) is 9.55 Å². The lowest BCUT2D eigenvalue weighted by molar-refractivity contribution is 0.621. The molecule has 2 rings (SSSR count). The molecule has 0 saturated carbocycles. The number of nitrogens with one attached hydrogen (secondary N) is 1. The molecule has 0 aliphatic rings. The number of H-pyrrole nitrogens is 1. The number of benzene rings is 1. The summed E-state index contributed by atoms with van der Waals surface area (Å²) in [5, 5.41) is 0.521. The first-order chi connectivity index (χ1) is 8.10. The third-order valence-corrected chi connectivity index (χ3v) is 3.36. The lowest BCUT2D eigenvalue weighted by Crippen LogP contribution is -2.23. The van der Waals surface area contributed by atoms with Crippen LogP contribution in [0.1, 0.15) is 12.5 Å². The van der Waals surface area contributed by atoms with Crippen LogP contribution >= 0.6 is 23.8 Å². The molecule has 0 bridgehead atoms. The normalized spacial score (nSPS) is 11.0. The van der Waals surface area contributed by atoms with Gasteiger partial charge in [0.1, 0.15) is 4.64 Å². The van der Waals surface area contributed by atoms with Crippen LogP contribution in [-0.2, 0) is 12.4 Å². The Morgan fingerprint density at radius 2 is 2.24 bits per heavy atom. The summed E-state index contributed by atoms with van der Waals surface area (Å²) in [5.41, 5.74) is 0.0666. The molecule has 0 fully saturated rings. The lowest BCUT2D eigenvalue weighted by Gasteiger charge is -2.07. The Bertz CT molecular complexity index is 692. The summed E-state index contributed by atoms with van der Waals surface area (Å²) >= 11 is 10.8. The number of aromatic amines is 1. The average molecular weight is 273 g/mol. The second-order valence-corrected chi connectivity index (χ2v) is 4.23. The molecule has 1 aromatic carbocycles. The van der Waals surface area contributed by atoms with E-state index in [4.69, 9.17) is 23.8 Å². The highest BCUT2D eigenvalue weighted by Crippen LogP contribution is 2.20. The number of rotatable bonds is 2. The molecule has 1 aromatic heterocycles. The van der Waals surface area contributed by atoms with E-state index in [1.165, 1.54) is 4.57 Å². The molecule has 0 aliphatic carbocycles. The van der Waals surface area contributed by atoms with Gasteiger partial charge < -0.3 is 4.98 Å². The molecule has 2 aromatic rings.